The van der Waals surface area contributed by atoms with Crippen molar-refractivity contribution >= 4 is 45.7 Å². The van der Waals surface area contributed by atoms with Gasteiger partial charge in [0, 0.05) is 30.9 Å². The summed E-state index contributed by atoms with van der Waals surface area (Å²) >= 11 is 0. The van der Waals surface area contributed by atoms with Crippen molar-refractivity contribution in [3.05, 3.63) is 60.0 Å². The molecule has 3 fully saturated rings. The van der Waals surface area contributed by atoms with Gasteiger partial charge in [-0.3, -0.25) is 28.8 Å². The van der Waals surface area contributed by atoms with Gasteiger partial charge in [-0.25, -0.2) is 22.4 Å². The van der Waals surface area contributed by atoms with Crippen molar-refractivity contribution in [1.29, 1.82) is 0 Å². The smallest absolute Gasteiger partial charge is 0.410 e. The molecule has 3 N–H and O–H groups in total. The zero-order chi connectivity index (χ0) is 39.6. The number of benzene rings is 1. The maximum absolute atomic E-state index is 14.4. The Morgan fingerprint density at radius 1 is 1.13 bits per heavy atom. The van der Waals surface area contributed by atoms with Crippen molar-refractivity contribution in [3.63, 3.8) is 0 Å². The number of nitrogens with one attached hydrogen (secondary N) is 3. The van der Waals surface area contributed by atoms with E-state index in [0.717, 1.165) is 4.90 Å². The SMILES string of the molecule is C=C[C@@H]1C[C@]1(NC(=O)[C@@H]1C[C@@H](OC(=O)N2Cc3cccc(F)c3C2)CN1C(=O)[C@@H](CCC(=O)/C=C\CC)NC(=O)OC(C)(C)C)C(=O)NS(=O)(=O)C1CC1. The third-order valence-electron chi connectivity index (χ3n) is 9.76. The molecule has 0 spiro atoms. The molecule has 4 aliphatic rings. The summed E-state index contributed by atoms with van der Waals surface area (Å²) in [6, 6.07) is 1.80. The molecule has 0 aromatic heterocycles. The summed E-state index contributed by atoms with van der Waals surface area (Å²) in [4.78, 5) is 83.2. The molecule has 17 heteroatoms. The van der Waals surface area contributed by atoms with Crippen LogP contribution in [0.1, 0.15) is 83.8 Å². The number of sulfonamides is 1. The summed E-state index contributed by atoms with van der Waals surface area (Å²) in [7, 11) is -3.97. The molecule has 5 amide bonds. The molecule has 1 aromatic carbocycles. The number of carbonyl (C=O) groups excluding carboxylic acids is 6. The van der Waals surface area contributed by atoms with E-state index in [1.807, 2.05) is 6.92 Å². The minimum absolute atomic E-state index is 0.0488. The molecule has 2 saturated carbocycles. The Kier molecular flexibility index (Phi) is 11.9. The number of carbonyl (C=O) groups is 6. The molecule has 0 radical (unpaired) electrons. The first-order valence-corrected chi connectivity index (χ1v) is 19.6. The Morgan fingerprint density at radius 3 is 2.46 bits per heavy atom. The molecule has 5 rings (SSSR count). The second-order valence-corrected chi connectivity index (χ2v) is 17.1. The predicted octanol–water partition coefficient (Wildman–Crippen LogP) is 3.13. The van der Waals surface area contributed by atoms with E-state index in [2.05, 4.69) is 21.9 Å². The number of rotatable bonds is 14. The maximum Gasteiger partial charge on any atom is 0.410 e. The molecular formula is C37H48FN5O10S. The van der Waals surface area contributed by atoms with Gasteiger partial charge in [0.05, 0.1) is 18.3 Å². The van der Waals surface area contributed by atoms with Crippen molar-refractivity contribution in [3.8, 4) is 0 Å². The highest BCUT2D eigenvalue weighted by Gasteiger charge is 2.62. The van der Waals surface area contributed by atoms with E-state index in [1.165, 1.54) is 29.2 Å². The fourth-order valence-corrected chi connectivity index (χ4v) is 8.01. The van der Waals surface area contributed by atoms with E-state index in [9.17, 15) is 41.6 Å². The average molecular weight is 774 g/mol. The van der Waals surface area contributed by atoms with E-state index < -0.39 is 86.2 Å². The van der Waals surface area contributed by atoms with E-state index >= 15 is 0 Å². The highest BCUT2D eigenvalue weighted by Crippen LogP contribution is 2.45. The first kappa shape index (κ1) is 40.4. The van der Waals surface area contributed by atoms with Gasteiger partial charge in [0.1, 0.15) is 35.1 Å². The van der Waals surface area contributed by atoms with Crippen molar-refractivity contribution < 1.29 is 51.0 Å². The zero-order valence-corrected chi connectivity index (χ0v) is 31.7. The standard InChI is InChI=1S/C37H48FN5O10S/c1-6-8-11-24(44)13-16-29(39-34(48)53-36(3,4)5)32(46)43-20-25(52-35(49)42-19-22-10-9-12-28(38)27(22)21-42)17-30(43)31(45)40-37(18-23(37)7-2)33(47)41-54(50,51)26-14-15-26/h7-12,23,25-26,29-30H,2,6,13-21H2,1,3-5H3,(H,39,48)(H,40,45)(H,41,47)/b11-8-/t23-,25-,29-,30+,37-/m1/s1. The number of likely N-dealkylation sites (tertiary alicyclic amines) is 1. The summed E-state index contributed by atoms with van der Waals surface area (Å²) in [5.74, 6) is -3.94. The van der Waals surface area contributed by atoms with Crippen LogP contribution in [0.25, 0.3) is 0 Å². The van der Waals surface area contributed by atoms with Gasteiger partial charge in [-0.15, -0.1) is 6.58 Å². The van der Waals surface area contributed by atoms with Crippen LogP contribution >= 0.6 is 0 Å². The van der Waals surface area contributed by atoms with E-state index in [1.54, 1.807) is 32.9 Å². The van der Waals surface area contributed by atoms with Gasteiger partial charge in [-0.05, 0) is 70.6 Å². The molecule has 2 heterocycles. The Labute approximate surface area is 314 Å². The molecule has 0 unspecified atom stereocenters. The second kappa shape index (κ2) is 15.9. The second-order valence-electron chi connectivity index (χ2n) is 15.2. The molecule has 54 heavy (non-hydrogen) atoms. The number of hydrogen-bond acceptors (Lipinski definition) is 10. The van der Waals surface area contributed by atoms with E-state index in [-0.39, 0.29) is 51.1 Å². The molecule has 2 aliphatic heterocycles. The molecule has 2 aliphatic carbocycles. The van der Waals surface area contributed by atoms with Gasteiger partial charge in [0.2, 0.25) is 21.8 Å². The lowest BCUT2D eigenvalue weighted by atomic mass is 10.1. The van der Waals surface area contributed by atoms with Crippen molar-refractivity contribution in [2.45, 2.75) is 120 Å². The number of allylic oxidation sites excluding steroid dienone is 2. The summed E-state index contributed by atoms with van der Waals surface area (Å²) in [5, 5.41) is 4.48. The van der Waals surface area contributed by atoms with Crippen molar-refractivity contribution in [1.82, 2.24) is 25.2 Å². The highest BCUT2D eigenvalue weighted by atomic mass is 32.2. The number of fused-ring (bicyclic) bond motifs is 1. The van der Waals surface area contributed by atoms with Crippen LogP contribution in [0.3, 0.4) is 0 Å². The molecule has 15 nitrogen and oxygen atoms in total. The summed E-state index contributed by atoms with van der Waals surface area (Å²) < 4.78 is 53.0. The van der Waals surface area contributed by atoms with Crippen LogP contribution in [0.2, 0.25) is 0 Å². The first-order valence-electron chi connectivity index (χ1n) is 18.1. The van der Waals surface area contributed by atoms with Gasteiger partial charge in [-0.2, -0.15) is 0 Å². The number of alkyl carbamates (subject to hydrolysis) is 1. The topological polar surface area (TPSA) is 198 Å². The van der Waals surface area contributed by atoms with Crippen LogP contribution in [0.5, 0.6) is 0 Å². The lowest BCUT2D eigenvalue weighted by molar-refractivity contribution is -0.141. The number of ketones is 1. The quantitative estimate of drug-likeness (QED) is 0.187. The zero-order valence-electron chi connectivity index (χ0n) is 30.9. The normalized spacial score (nSPS) is 24.0. The average Bonchev–Trinajstić information content (AvgIpc) is 3.98. The van der Waals surface area contributed by atoms with E-state index in [0.29, 0.717) is 30.4 Å². The van der Waals surface area contributed by atoms with Crippen LogP contribution in [-0.4, -0.2) is 95.0 Å². The number of ether oxygens (including phenoxy) is 2. The summed E-state index contributed by atoms with van der Waals surface area (Å²) in [6.07, 6.45) is 2.57. The molecule has 294 valence electrons. The first-order chi connectivity index (χ1) is 25.4. The Hall–Kier alpha value is -4.80. The van der Waals surface area contributed by atoms with Gasteiger partial charge in [0.15, 0.2) is 5.78 Å². The minimum Gasteiger partial charge on any atom is -0.444 e. The largest absolute Gasteiger partial charge is 0.444 e. The Bertz CT molecular complexity index is 1840. The third-order valence-corrected chi connectivity index (χ3v) is 11.6. The molecular weight excluding hydrogens is 725 g/mol. The van der Waals surface area contributed by atoms with Crippen LogP contribution in [0, 0.1) is 11.7 Å². The van der Waals surface area contributed by atoms with Crippen LogP contribution in [-0.2, 0) is 51.8 Å². The number of hydrogen-bond donors (Lipinski definition) is 3. The predicted molar refractivity (Wildman–Crippen MR) is 192 cm³/mol. The lowest BCUT2D eigenvalue weighted by Crippen LogP contribution is -2.58. The Balaban J connectivity index is 1.39. The Morgan fingerprint density at radius 2 is 1.85 bits per heavy atom. The third kappa shape index (κ3) is 9.46. The lowest BCUT2D eigenvalue weighted by Gasteiger charge is -2.30. The van der Waals surface area contributed by atoms with Crippen molar-refractivity contribution in [2.24, 2.45) is 5.92 Å². The molecule has 1 saturated heterocycles. The summed E-state index contributed by atoms with van der Waals surface area (Å²) in [6.45, 7) is 10.2. The number of nitrogens with zero attached hydrogens (tertiary/aromatic N) is 2. The fourth-order valence-electron chi connectivity index (χ4n) is 6.65. The van der Waals surface area contributed by atoms with Crippen LogP contribution < -0.4 is 15.4 Å². The molecule has 0 bridgehead atoms. The maximum atomic E-state index is 14.4. The van der Waals surface area contributed by atoms with Crippen LogP contribution in [0.15, 0.2) is 43.0 Å². The fraction of sp³-hybridized carbons (Fsp3) is 0.568. The van der Waals surface area contributed by atoms with E-state index in [4.69, 9.17) is 9.47 Å². The molecule has 1 aromatic rings. The highest BCUT2D eigenvalue weighted by molar-refractivity contribution is 7.91. The van der Waals surface area contributed by atoms with Crippen molar-refractivity contribution in [2.75, 3.05) is 6.54 Å². The van der Waals surface area contributed by atoms with Gasteiger partial charge >= 0.3 is 12.2 Å². The molecule has 5 atom stereocenters. The van der Waals surface area contributed by atoms with Crippen LogP contribution in [0.4, 0.5) is 14.0 Å². The van der Waals surface area contributed by atoms with Gasteiger partial charge in [0.25, 0.3) is 5.91 Å². The summed E-state index contributed by atoms with van der Waals surface area (Å²) in [5.41, 5.74) is -1.64. The monoisotopic (exact) mass is 773 g/mol. The number of amides is 5. The van der Waals surface area contributed by atoms with Gasteiger partial charge in [-0.1, -0.05) is 31.2 Å². The number of halogens is 1. The minimum atomic E-state index is -3.97. The van der Waals surface area contributed by atoms with Gasteiger partial charge < -0.3 is 25.0 Å².